The number of carbonyl (C=O) groups is 1. The molecule has 0 aliphatic carbocycles. The van der Waals surface area contributed by atoms with E-state index in [1.165, 1.54) is 30.3 Å². The van der Waals surface area contributed by atoms with Crippen LogP contribution in [0, 0.1) is 5.95 Å². The number of benzene rings is 2. The first-order valence-electron chi connectivity index (χ1n) is 11.2. The average Bonchev–Trinajstić information content (AvgIpc) is 3.02. The third-order valence-corrected chi connectivity index (χ3v) is 6.49. The van der Waals surface area contributed by atoms with Crippen molar-refractivity contribution in [3.63, 3.8) is 0 Å². The second-order valence-electron chi connectivity index (χ2n) is 9.18. The molecule has 186 valence electrons. The van der Waals surface area contributed by atoms with Crippen molar-refractivity contribution in [2.45, 2.75) is 37.5 Å². The highest BCUT2D eigenvalue weighted by atomic mass is 19.3. The van der Waals surface area contributed by atoms with Crippen LogP contribution in [0.3, 0.4) is 0 Å². The highest BCUT2D eigenvalue weighted by Gasteiger charge is 2.56. The molecule has 0 fully saturated rings. The number of halogens is 3. The van der Waals surface area contributed by atoms with E-state index in [0.717, 1.165) is 0 Å². The number of ether oxygens (including phenoxy) is 2. The van der Waals surface area contributed by atoms with Crippen LogP contribution >= 0.6 is 0 Å². The Morgan fingerprint density at radius 1 is 1.19 bits per heavy atom. The van der Waals surface area contributed by atoms with E-state index in [1.807, 2.05) is 6.92 Å². The third-order valence-electron chi connectivity index (χ3n) is 6.49. The maximum atomic E-state index is 14.4. The number of nitrogens with two attached hydrogens (primary N) is 1. The van der Waals surface area contributed by atoms with Gasteiger partial charge in [-0.15, -0.1) is 0 Å². The number of rotatable bonds is 5. The quantitative estimate of drug-likeness (QED) is 0.534. The van der Waals surface area contributed by atoms with Crippen molar-refractivity contribution in [1.29, 1.82) is 0 Å². The lowest BCUT2D eigenvalue weighted by Crippen LogP contribution is -2.51. The van der Waals surface area contributed by atoms with Crippen molar-refractivity contribution in [2.75, 3.05) is 7.05 Å². The minimum atomic E-state index is -2.94. The molecule has 1 amide bonds. The lowest BCUT2D eigenvalue weighted by atomic mass is 9.74. The van der Waals surface area contributed by atoms with Crippen LogP contribution < -0.4 is 15.2 Å². The SMILES string of the molecule is CN1C(=O)C2(CC(C)(Cc3cccc(OC(F)F)c3)Oc3ccc(-c4cccnc4F)cc32)N=C1N. The smallest absolute Gasteiger partial charge is 0.387 e. The van der Waals surface area contributed by atoms with E-state index in [9.17, 15) is 18.0 Å². The Kier molecular flexibility index (Phi) is 5.61. The molecule has 7 nitrogen and oxygen atoms in total. The van der Waals surface area contributed by atoms with Crippen molar-refractivity contribution in [3.8, 4) is 22.6 Å². The minimum absolute atomic E-state index is 0.0269. The zero-order valence-electron chi connectivity index (χ0n) is 19.5. The van der Waals surface area contributed by atoms with E-state index >= 15 is 0 Å². The fraction of sp³-hybridized carbons (Fsp3) is 0.269. The summed E-state index contributed by atoms with van der Waals surface area (Å²) in [6, 6.07) is 14.6. The number of hydrogen-bond acceptors (Lipinski definition) is 6. The monoisotopic (exact) mass is 496 g/mol. The highest BCUT2D eigenvalue weighted by molar-refractivity contribution is 6.07. The minimum Gasteiger partial charge on any atom is -0.487 e. The van der Waals surface area contributed by atoms with Gasteiger partial charge in [-0.3, -0.25) is 9.69 Å². The first kappa shape index (κ1) is 23.7. The number of hydrogen-bond donors (Lipinski definition) is 1. The molecule has 0 bridgehead atoms. The number of aromatic nitrogens is 1. The summed E-state index contributed by atoms with van der Waals surface area (Å²) in [4.78, 5) is 23.2. The molecular formula is C26H23F3N4O3. The largest absolute Gasteiger partial charge is 0.487 e. The Hall–Kier alpha value is -4.08. The summed E-state index contributed by atoms with van der Waals surface area (Å²) in [6.07, 6.45) is 1.75. The number of likely N-dealkylation sites (N-methyl/N-ethyl adjacent to an activating group) is 1. The van der Waals surface area contributed by atoms with E-state index in [1.54, 1.807) is 42.5 Å². The lowest BCUT2D eigenvalue weighted by molar-refractivity contribution is -0.133. The number of alkyl halides is 2. The molecule has 2 aliphatic rings. The zero-order chi connectivity index (χ0) is 25.7. The van der Waals surface area contributed by atoms with Gasteiger partial charge in [0.1, 0.15) is 17.1 Å². The standard InChI is InChI=1S/C26H23F3N4O3/c1-25(13-15-5-3-6-17(11-15)35-23(28)29)14-26(22(34)33(2)24(30)32-26)19-12-16(8-9-20(19)36-25)18-7-4-10-31-21(18)27/h3-12,23H,13-14H2,1-2H3,(H2,30,32). The number of carbonyl (C=O) groups excluding carboxylic acids is 1. The van der Waals surface area contributed by atoms with Gasteiger partial charge in [-0.25, -0.2) is 9.98 Å². The molecule has 5 rings (SSSR count). The van der Waals surface area contributed by atoms with Crippen LogP contribution in [0.15, 0.2) is 65.8 Å². The molecule has 0 saturated heterocycles. The van der Waals surface area contributed by atoms with E-state index in [0.29, 0.717) is 22.4 Å². The number of guanidine groups is 1. The second-order valence-corrected chi connectivity index (χ2v) is 9.18. The van der Waals surface area contributed by atoms with Crippen LogP contribution in [0.4, 0.5) is 13.2 Å². The molecular weight excluding hydrogens is 473 g/mol. The van der Waals surface area contributed by atoms with Crippen LogP contribution in [-0.4, -0.2) is 41.0 Å². The molecule has 2 unspecified atom stereocenters. The van der Waals surface area contributed by atoms with Crippen molar-refractivity contribution in [1.82, 2.24) is 9.88 Å². The van der Waals surface area contributed by atoms with Crippen LogP contribution in [0.5, 0.6) is 11.5 Å². The summed E-state index contributed by atoms with van der Waals surface area (Å²) in [6.45, 7) is -1.12. The number of nitrogens with zero attached hydrogens (tertiary/aromatic N) is 3. The average molecular weight is 496 g/mol. The van der Waals surface area contributed by atoms with Crippen molar-refractivity contribution in [2.24, 2.45) is 10.7 Å². The Bertz CT molecular complexity index is 1380. The van der Waals surface area contributed by atoms with Crippen molar-refractivity contribution >= 4 is 11.9 Å². The number of amides is 1. The van der Waals surface area contributed by atoms with Gasteiger partial charge in [0.15, 0.2) is 11.5 Å². The molecule has 1 aromatic heterocycles. The van der Waals surface area contributed by atoms with Gasteiger partial charge in [-0.2, -0.15) is 13.2 Å². The van der Waals surface area contributed by atoms with Gasteiger partial charge in [0.05, 0.1) is 0 Å². The Morgan fingerprint density at radius 2 is 2.00 bits per heavy atom. The topological polar surface area (TPSA) is 90.0 Å². The molecule has 1 spiro atoms. The maximum absolute atomic E-state index is 14.4. The molecule has 2 aliphatic heterocycles. The summed E-state index contributed by atoms with van der Waals surface area (Å²) in [5.41, 5.74) is 5.65. The van der Waals surface area contributed by atoms with Gasteiger partial charge in [0.25, 0.3) is 5.91 Å². The van der Waals surface area contributed by atoms with Gasteiger partial charge in [0, 0.05) is 37.2 Å². The molecule has 3 aromatic rings. The molecule has 0 radical (unpaired) electrons. The van der Waals surface area contributed by atoms with Gasteiger partial charge in [0.2, 0.25) is 5.95 Å². The Balaban J connectivity index is 1.59. The fourth-order valence-corrected chi connectivity index (χ4v) is 5.00. The Labute approximate surface area is 205 Å². The number of aliphatic imine (C=N–C) groups is 1. The van der Waals surface area contributed by atoms with Gasteiger partial charge < -0.3 is 15.2 Å². The first-order valence-corrected chi connectivity index (χ1v) is 11.2. The third kappa shape index (κ3) is 4.02. The van der Waals surface area contributed by atoms with Crippen molar-refractivity contribution in [3.05, 3.63) is 77.9 Å². The first-order chi connectivity index (χ1) is 17.1. The predicted octanol–water partition coefficient (Wildman–Crippen LogP) is 4.26. The predicted molar refractivity (Wildman–Crippen MR) is 126 cm³/mol. The molecule has 10 heteroatoms. The molecule has 0 saturated carbocycles. The molecule has 3 heterocycles. The molecule has 36 heavy (non-hydrogen) atoms. The van der Waals surface area contributed by atoms with Crippen LogP contribution in [-0.2, 0) is 16.8 Å². The van der Waals surface area contributed by atoms with E-state index in [2.05, 4.69) is 14.7 Å². The molecule has 2 aromatic carbocycles. The summed E-state index contributed by atoms with van der Waals surface area (Å²) in [5.74, 6) is -0.497. The van der Waals surface area contributed by atoms with Crippen molar-refractivity contribution < 1.29 is 27.4 Å². The second kappa shape index (κ2) is 8.54. The van der Waals surface area contributed by atoms with Crippen LogP contribution in [0.2, 0.25) is 0 Å². The summed E-state index contributed by atoms with van der Waals surface area (Å²) in [7, 11) is 1.54. The maximum Gasteiger partial charge on any atom is 0.387 e. The van der Waals surface area contributed by atoms with E-state index < -0.39 is 23.7 Å². The van der Waals surface area contributed by atoms with Gasteiger partial charge in [-0.05, 0) is 54.4 Å². The summed E-state index contributed by atoms with van der Waals surface area (Å²) >= 11 is 0. The number of fused-ring (bicyclic) bond motifs is 2. The molecule has 2 atom stereocenters. The normalized spacial score (nSPS) is 23.0. The lowest BCUT2D eigenvalue weighted by Gasteiger charge is -2.43. The zero-order valence-corrected chi connectivity index (χ0v) is 19.5. The van der Waals surface area contributed by atoms with E-state index in [-0.39, 0.29) is 36.0 Å². The number of pyridine rings is 1. The Morgan fingerprint density at radius 3 is 2.69 bits per heavy atom. The van der Waals surface area contributed by atoms with E-state index in [4.69, 9.17) is 10.5 Å². The highest BCUT2D eigenvalue weighted by Crippen LogP contribution is 2.50. The summed E-state index contributed by atoms with van der Waals surface area (Å²) < 4.78 is 50.8. The molecule has 2 N–H and O–H groups in total. The summed E-state index contributed by atoms with van der Waals surface area (Å²) in [5, 5.41) is 0. The van der Waals surface area contributed by atoms with Crippen LogP contribution in [0.25, 0.3) is 11.1 Å². The fourth-order valence-electron chi connectivity index (χ4n) is 5.00. The van der Waals surface area contributed by atoms with Gasteiger partial charge in [-0.1, -0.05) is 18.2 Å². The van der Waals surface area contributed by atoms with Gasteiger partial charge >= 0.3 is 6.61 Å². The van der Waals surface area contributed by atoms with Crippen LogP contribution in [0.1, 0.15) is 24.5 Å².